The van der Waals surface area contributed by atoms with Gasteiger partial charge >= 0.3 is 0 Å². The van der Waals surface area contributed by atoms with E-state index in [1.165, 1.54) is 0 Å². The van der Waals surface area contributed by atoms with E-state index in [-0.39, 0.29) is 12.5 Å². The van der Waals surface area contributed by atoms with Crippen LogP contribution in [0.25, 0.3) is 0 Å². The Morgan fingerprint density at radius 1 is 1.20 bits per heavy atom. The molecular formula is C24H25N3O2S. The van der Waals surface area contributed by atoms with Crippen LogP contribution in [-0.4, -0.2) is 17.5 Å². The predicted octanol–water partition coefficient (Wildman–Crippen LogP) is 5.13. The second kappa shape index (κ2) is 10.0. The zero-order valence-electron chi connectivity index (χ0n) is 17.5. The topological polar surface area (TPSA) is 66.2 Å². The average Bonchev–Trinajstić information content (AvgIpc) is 3.10. The number of nitriles is 1. The SMILES string of the molecule is Cc1nc(CC(C)C)sc1N(Cc1cccc(C#N)c1)C(=O)COc1ccccc1. The number of nitrogens with zero attached hydrogens (tertiary/aromatic N) is 3. The molecular weight excluding hydrogens is 394 g/mol. The maximum atomic E-state index is 13.2. The summed E-state index contributed by atoms with van der Waals surface area (Å²) in [6.07, 6.45) is 0.873. The maximum absolute atomic E-state index is 13.2. The molecule has 0 aliphatic rings. The number of carbonyl (C=O) groups is 1. The molecule has 0 saturated carbocycles. The highest BCUT2D eigenvalue weighted by atomic mass is 32.1. The van der Waals surface area contributed by atoms with E-state index in [1.807, 2.05) is 55.5 Å². The van der Waals surface area contributed by atoms with E-state index in [0.717, 1.165) is 27.7 Å². The molecule has 0 aliphatic heterocycles. The molecule has 0 aliphatic carbocycles. The average molecular weight is 420 g/mol. The van der Waals surface area contributed by atoms with Crippen molar-refractivity contribution in [3.8, 4) is 11.8 Å². The molecule has 3 rings (SSSR count). The van der Waals surface area contributed by atoms with Gasteiger partial charge < -0.3 is 4.74 Å². The summed E-state index contributed by atoms with van der Waals surface area (Å²) in [6.45, 7) is 6.52. The van der Waals surface area contributed by atoms with Crippen LogP contribution in [0.3, 0.4) is 0 Å². The lowest BCUT2D eigenvalue weighted by molar-refractivity contribution is -0.120. The van der Waals surface area contributed by atoms with Crippen LogP contribution in [0.15, 0.2) is 54.6 Å². The lowest BCUT2D eigenvalue weighted by Gasteiger charge is -2.22. The second-order valence-corrected chi connectivity index (χ2v) is 8.55. The van der Waals surface area contributed by atoms with Crippen LogP contribution >= 0.6 is 11.3 Å². The molecule has 0 fully saturated rings. The summed E-state index contributed by atoms with van der Waals surface area (Å²) in [5.41, 5.74) is 2.29. The molecule has 3 aromatic rings. The lowest BCUT2D eigenvalue weighted by Crippen LogP contribution is -2.34. The van der Waals surface area contributed by atoms with Crippen molar-refractivity contribution in [2.24, 2.45) is 5.92 Å². The zero-order valence-corrected chi connectivity index (χ0v) is 18.3. The van der Waals surface area contributed by atoms with Crippen LogP contribution in [0.2, 0.25) is 0 Å². The van der Waals surface area contributed by atoms with Gasteiger partial charge in [0.2, 0.25) is 0 Å². The van der Waals surface area contributed by atoms with Gasteiger partial charge in [-0.2, -0.15) is 5.26 Å². The number of anilines is 1. The third-order valence-corrected chi connectivity index (χ3v) is 5.65. The summed E-state index contributed by atoms with van der Waals surface area (Å²) in [6, 6.07) is 18.8. The van der Waals surface area contributed by atoms with E-state index in [4.69, 9.17) is 4.74 Å². The van der Waals surface area contributed by atoms with Gasteiger partial charge in [0.25, 0.3) is 5.91 Å². The maximum Gasteiger partial charge on any atom is 0.265 e. The third kappa shape index (κ3) is 5.68. The summed E-state index contributed by atoms with van der Waals surface area (Å²) < 4.78 is 5.70. The fraction of sp³-hybridized carbons (Fsp3) is 0.292. The Labute approximate surface area is 181 Å². The molecule has 5 nitrogen and oxygen atoms in total. The largest absolute Gasteiger partial charge is 0.484 e. The standard InChI is InChI=1S/C24H25N3O2S/c1-17(2)12-22-26-18(3)24(30-22)27(15-20-9-7-8-19(13-20)14-25)23(28)16-29-21-10-5-4-6-11-21/h4-11,13,17H,12,15-16H2,1-3H3. The van der Waals surface area contributed by atoms with Gasteiger partial charge in [-0.25, -0.2) is 4.98 Å². The van der Waals surface area contributed by atoms with Gasteiger partial charge in [-0.3, -0.25) is 9.69 Å². The molecule has 0 radical (unpaired) electrons. The molecule has 0 saturated heterocycles. The first-order valence-corrected chi connectivity index (χ1v) is 10.7. The van der Waals surface area contributed by atoms with Crippen molar-refractivity contribution >= 4 is 22.2 Å². The molecule has 1 heterocycles. The van der Waals surface area contributed by atoms with Gasteiger partial charge in [-0.05, 0) is 42.7 Å². The highest BCUT2D eigenvalue weighted by molar-refractivity contribution is 7.16. The third-order valence-electron chi connectivity index (χ3n) is 4.45. The Balaban J connectivity index is 1.86. The Bertz CT molecular complexity index is 1040. The smallest absolute Gasteiger partial charge is 0.265 e. The summed E-state index contributed by atoms with van der Waals surface area (Å²) in [5.74, 6) is 0.990. The zero-order chi connectivity index (χ0) is 21.5. The van der Waals surface area contributed by atoms with E-state index in [1.54, 1.807) is 22.3 Å². The minimum Gasteiger partial charge on any atom is -0.484 e. The van der Waals surface area contributed by atoms with Crippen molar-refractivity contribution in [3.05, 3.63) is 76.4 Å². The Morgan fingerprint density at radius 2 is 1.97 bits per heavy atom. The molecule has 2 aromatic carbocycles. The normalized spacial score (nSPS) is 10.6. The molecule has 30 heavy (non-hydrogen) atoms. The first-order chi connectivity index (χ1) is 14.5. The van der Waals surface area contributed by atoms with Crippen molar-refractivity contribution in [3.63, 3.8) is 0 Å². The molecule has 154 valence electrons. The monoisotopic (exact) mass is 419 g/mol. The molecule has 0 spiro atoms. The quantitative estimate of drug-likeness (QED) is 0.507. The lowest BCUT2D eigenvalue weighted by atomic mass is 10.1. The summed E-state index contributed by atoms with van der Waals surface area (Å²) in [5, 5.41) is 11.1. The van der Waals surface area contributed by atoms with Crippen LogP contribution in [0, 0.1) is 24.2 Å². The molecule has 0 atom stereocenters. The van der Waals surface area contributed by atoms with Crippen molar-refractivity contribution in [2.45, 2.75) is 33.7 Å². The fourth-order valence-electron chi connectivity index (χ4n) is 3.06. The summed E-state index contributed by atoms with van der Waals surface area (Å²) in [7, 11) is 0. The number of benzene rings is 2. The molecule has 0 N–H and O–H groups in total. The van der Waals surface area contributed by atoms with E-state index in [9.17, 15) is 10.1 Å². The van der Waals surface area contributed by atoms with Crippen LogP contribution in [-0.2, 0) is 17.8 Å². The van der Waals surface area contributed by atoms with Crippen LogP contribution in [0.1, 0.15) is 35.7 Å². The van der Waals surface area contributed by atoms with Gasteiger partial charge in [-0.1, -0.05) is 44.2 Å². The van der Waals surface area contributed by atoms with Crippen molar-refractivity contribution in [2.75, 3.05) is 11.5 Å². The summed E-state index contributed by atoms with van der Waals surface area (Å²) >= 11 is 1.55. The molecule has 1 amide bonds. The number of aryl methyl sites for hydroxylation is 1. The molecule has 1 aromatic heterocycles. The van der Waals surface area contributed by atoms with Crippen molar-refractivity contribution in [1.29, 1.82) is 5.26 Å². The molecule has 0 bridgehead atoms. The number of carbonyl (C=O) groups excluding carboxylic acids is 1. The molecule has 6 heteroatoms. The first kappa shape index (κ1) is 21.5. The van der Waals surface area contributed by atoms with Gasteiger partial charge in [-0.15, -0.1) is 11.3 Å². The Kier molecular flexibility index (Phi) is 7.21. The van der Waals surface area contributed by atoms with Crippen molar-refractivity contribution < 1.29 is 9.53 Å². The van der Waals surface area contributed by atoms with E-state index < -0.39 is 0 Å². The number of hydrogen-bond acceptors (Lipinski definition) is 5. The Morgan fingerprint density at radius 3 is 2.67 bits per heavy atom. The number of hydrogen-bond donors (Lipinski definition) is 0. The fourth-order valence-corrected chi connectivity index (χ4v) is 4.36. The first-order valence-electron chi connectivity index (χ1n) is 9.90. The minimum atomic E-state index is -0.149. The highest BCUT2D eigenvalue weighted by Crippen LogP contribution is 2.31. The highest BCUT2D eigenvalue weighted by Gasteiger charge is 2.23. The van der Waals surface area contributed by atoms with Gasteiger partial charge in [0.1, 0.15) is 10.8 Å². The minimum absolute atomic E-state index is 0.0706. The second-order valence-electron chi connectivity index (χ2n) is 7.49. The number of thiazole rings is 1. The van der Waals surface area contributed by atoms with Crippen LogP contribution in [0.5, 0.6) is 5.75 Å². The van der Waals surface area contributed by atoms with Gasteiger partial charge in [0.05, 0.1) is 28.9 Å². The number of ether oxygens (including phenoxy) is 1. The molecule has 0 unspecified atom stereocenters. The van der Waals surface area contributed by atoms with Crippen LogP contribution in [0.4, 0.5) is 5.00 Å². The van der Waals surface area contributed by atoms with Gasteiger partial charge in [0, 0.05) is 6.42 Å². The summed E-state index contributed by atoms with van der Waals surface area (Å²) in [4.78, 5) is 19.6. The Hall–Kier alpha value is -3.17. The van der Waals surface area contributed by atoms with Crippen LogP contribution < -0.4 is 9.64 Å². The number of rotatable bonds is 8. The van der Waals surface area contributed by atoms with E-state index >= 15 is 0 Å². The number of para-hydroxylation sites is 1. The number of amides is 1. The predicted molar refractivity (Wildman–Crippen MR) is 120 cm³/mol. The van der Waals surface area contributed by atoms with Gasteiger partial charge in [0.15, 0.2) is 6.61 Å². The van der Waals surface area contributed by atoms with Crippen molar-refractivity contribution in [1.82, 2.24) is 4.98 Å². The van der Waals surface area contributed by atoms with E-state index in [0.29, 0.717) is 23.8 Å². The number of aromatic nitrogens is 1. The van der Waals surface area contributed by atoms with E-state index in [2.05, 4.69) is 24.9 Å².